The molecule has 14 heavy (non-hydrogen) atoms. The lowest BCUT2D eigenvalue weighted by Crippen LogP contribution is -2.52. The first-order valence-corrected chi connectivity index (χ1v) is 4.68. The zero-order valence-corrected chi connectivity index (χ0v) is 8.04. The van der Waals surface area contributed by atoms with Gasteiger partial charge in [-0.15, -0.1) is 0 Å². The second-order valence-corrected chi connectivity index (χ2v) is 3.36. The van der Waals surface area contributed by atoms with Crippen LogP contribution in [0.15, 0.2) is 10.6 Å². The molecule has 0 aromatic carbocycles. The first-order valence-electron chi connectivity index (χ1n) is 4.68. The lowest BCUT2D eigenvalue weighted by atomic mass is 10.1. The van der Waals surface area contributed by atoms with Gasteiger partial charge in [0.25, 0.3) is 0 Å². The number of carbonyl (C=O) groups is 1. The van der Waals surface area contributed by atoms with E-state index in [4.69, 9.17) is 4.42 Å². The van der Waals surface area contributed by atoms with E-state index in [1.165, 1.54) is 0 Å². The maximum absolute atomic E-state index is 11.4. The van der Waals surface area contributed by atoms with Crippen LogP contribution >= 0.6 is 0 Å². The number of aryl methyl sites for hydroxylation is 1. The van der Waals surface area contributed by atoms with Crippen LogP contribution in [-0.2, 0) is 11.3 Å². The van der Waals surface area contributed by atoms with E-state index in [-0.39, 0.29) is 11.9 Å². The minimum Gasteiger partial charge on any atom is -0.444 e. The van der Waals surface area contributed by atoms with Gasteiger partial charge in [0.05, 0.1) is 18.8 Å². The monoisotopic (exact) mass is 195 g/mol. The molecule has 1 aromatic heterocycles. The number of aromatic nitrogens is 1. The zero-order chi connectivity index (χ0) is 9.97. The third-order valence-electron chi connectivity index (χ3n) is 2.25. The summed E-state index contributed by atoms with van der Waals surface area (Å²) in [4.78, 5) is 15.3. The highest BCUT2D eigenvalue weighted by Crippen LogP contribution is 2.04. The molecule has 1 atom stereocenters. The Balaban J connectivity index is 1.79. The summed E-state index contributed by atoms with van der Waals surface area (Å²) in [5.41, 5.74) is 0. The van der Waals surface area contributed by atoms with Crippen LogP contribution in [-0.4, -0.2) is 23.5 Å². The van der Waals surface area contributed by atoms with Crippen molar-refractivity contribution < 1.29 is 9.21 Å². The maximum atomic E-state index is 11.4. The zero-order valence-electron chi connectivity index (χ0n) is 8.04. The molecule has 2 heterocycles. The average Bonchev–Trinajstić information content (AvgIpc) is 2.45. The topological polar surface area (TPSA) is 67.2 Å². The number of amides is 1. The van der Waals surface area contributed by atoms with Crippen LogP contribution < -0.4 is 10.6 Å². The third-order valence-corrected chi connectivity index (χ3v) is 2.25. The number of nitrogens with zero attached hydrogens (tertiary/aromatic N) is 1. The van der Waals surface area contributed by atoms with E-state index < -0.39 is 0 Å². The quantitative estimate of drug-likeness (QED) is 0.710. The molecule has 1 fully saturated rings. The number of hydrogen-bond acceptors (Lipinski definition) is 4. The molecule has 1 unspecified atom stereocenters. The van der Waals surface area contributed by atoms with Gasteiger partial charge in [-0.1, -0.05) is 0 Å². The van der Waals surface area contributed by atoms with Crippen LogP contribution in [0, 0.1) is 6.92 Å². The summed E-state index contributed by atoms with van der Waals surface area (Å²) in [6.45, 7) is 3.12. The van der Waals surface area contributed by atoms with E-state index in [1.807, 2.05) is 0 Å². The predicted molar refractivity (Wildman–Crippen MR) is 49.5 cm³/mol. The second kappa shape index (κ2) is 3.79. The second-order valence-electron chi connectivity index (χ2n) is 3.36. The molecule has 1 aliphatic heterocycles. The Morgan fingerprint density at radius 1 is 1.86 bits per heavy atom. The van der Waals surface area contributed by atoms with Crippen molar-refractivity contribution in [2.75, 3.05) is 6.54 Å². The summed E-state index contributed by atoms with van der Waals surface area (Å²) in [5, 5.41) is 5.81. The Kier molecular flexibility index (Phi) is 2.49. The molecule has 1 amide bonds. The van der Waals surface area contributed by atoms with Crippen molar-refractivity contribution in [3.05, 3.63) is 17.8 Å². The van der Waals surface area contributed by atoms with Crippen LogP contribution in [0.1, 0.15) is 18.1 Å². The van der Waals surface area contributed by atoms with Crippen LogP contribution in [0.3, 0.4) is 0 Å². The third kappa shape index (κ3) is 1.93. The Morgan fingerprint density at radius 3 is 3.14 bits per heavy atom. The molecule has 0 aliphatic carbocycles. The van der Waals surface area contributed by atoms with Crippen molar-refractivity contribution in [2.45, 2.75) is 25.9 Å². The lowest BCUT2D eigenvalue weighted by molar-refractivity contribution is -0.124. The summed E-state index contributed by atoms with van der Waals surface area (Å²) < 4.78 is 5.22. The van der Waals surface area contributed by atoms with Gasteiger partial charge >= 0.3 is 0 Å². The van der Waals surface area contributed by atoms with E-state index in [0.29, 0.717) is 18.2 Å². The standard InChI is InChI=1S/C9H13N3O2/c1-6-11-4-7(14-6)5-12-9(13)8-2-3-10-8/h4,8,10H,2-3,5H2,1H3,(H,12,13). The molecule has 76 valence electrons. The first kappa shape index (κ1) is 9.21. The van der Waals surface area contributed by atoms with Crippen molar-refractivity contribution in [1.82, 2.24) is 15.6 Å². The van der Waals surface area contributed by atoms with Crippen LogP contribution in [0.5, 0.6) is 0 Å². The van der Waals surface area contributed by atoms with Crippen molar-refractivity contribution in [2.24, 2.45) is 0 Å². The van der Waals surface area contributed by atoms with E-state index in [1.54, 1.807) is 13.1 Å². The molecule has 1 aliphatic rings. The van der Waals surface area contributed by atoms with Gasteiger partial charge in [-0.2, -0.15) is 0 Å². The molecule has 0 radical (unpaired) electrons. The fourth-order valence-corrected chi connectivity index (χ4v) is 1.30. The smallest absolute Gasteiger partial charge is 0.237 e. The molecule has 1 aromatic rings. The van der Waals surface area contributed by atoms with Crippen LogP contribution in [0.4, 0.5) is 0 Å². The molecule has 0 saturated carbocycles. The normalized spacial score (nSPS) is 20.2. The summed E-state index contributed by atoms with van der Waals surface area (Å²) in [7, 11) is 0. The fraction of sp³-hybridized carbons (Fsp3) is 0.556. The van der Waals surface area contributed by atoms with Gasteiger partial charge in [0, 0.05) is 6.92 Å². The van der Waals surface area contributed by atoms with E-state index in [0.717, 1.165) is 13.0 Å². The molecule has 5 nitrogen and oxygen atoms in total. The predicted octanol–water partition coefficient (Wildman–Crippen LogP) is -0.0389. The molecule has 0 spiro atoms. The Morgan fingerprint density at radius 2 is 2.64 bits per heavy atom. The molecule has 1 saturated heterocycles. The van der Waals surface area contributed by atoms with Gasteiger partial charge in [-0.25, -0.2) is 4.98 Å². The number of carbonyl (C=O) groups excluding carboxylic acids is 1. The van der Waals surface area contributed by atoms with Crippen molar-refractivity contribution in [1.29, 1.82) is 0 Å². The maximum Gasteiger partial charge on any atom is 0.237 e. The number of oxazole rings is 1. The van der Waals surface area contributed by atoms with Crippen LogP contribution in [0.25, 0.3) is 0 Å². The highest BCUT2D eigenvalue weighted by atomic mass is 16.4. The highest BCUT2D eigenvalue weighted by Gasteiger charge is 2.23. The van der Waals surface area contributed by atoms with E-state index in [2.05, 4.69) is 15.6 Å². The minimum absolute atomic E-state index is 0.0148. The fourth-order valence-electron chi connectivity index (χ4n) is 1.30. The highest BCUT2D eigenvalue weighted by molar-refractivity contribution is 5.82. The van der Waals surface area contributed by atoms with Gasteiger partial charge in [-0.3, -0.25) is 4.79 Å². The van der Waals surface area contributed by atoms with Crippen molar-refractivity contribution in [3.8, 4) is 0 Å². The van der Waals surface area contributed by atoms with Crippen LogP contribution in [0.2, 0.25) is 0 Å². The number of hydrogen-bond donors (Lipinski definition) is 2. The molecule has 2 N–H and O–H groups in total. The van der Waals surface area contributed by atoms with Gasteiger partial charge < -0.3 is 15.1 Å². The minimum atomic E-state index is -0.0148. The summed E-state index contributed by atoms with van der Waals surface area (Å²) in [6, 6.07) is -0.0148. The van der Waals surface area contributed by atoms with Crippen molar-refractivity contribution >= 4 is 5.91 Å². The summed E-state index contributed by atoms with van der Waals surface area (Å²) in [5.74, 6) is 1.34. The molecule has 5 heteroatoms. The van der Waals surface area contributed by atoms with Crippen molar-refractivity contribution in [3.63, 3.8) is 0 Å². The molecular weight excluding hydrogens is 182 g/mol. The summed E-state index contributed by atoms with van der Waals surface area (Å²) in [6.07, 6.45) is 2.55. The molecule has 2 rings (SSSR count). The first-order chi connectivity index (χ1) is 6.75. The lowest BCUT2D eigenvalue weighted by Gasteiger charge is -2.25. The number of rotatable bonds is 3. The SMILES string of the molecule is Cc1ncc(CNC(=O)C2CCN2)o1. The van der Waals surface area contributed by atoms with Gasteiger partial charge in [0.15, 0.2) is 5.89 Å². The number of nitrogens with one attached hydrogen (secondary N) is 2. The molecular formula is C9H13N3O2. The van der Waals surface area contributed by atoms with E-state index >= 15 is 0 Å². The molecule has 0 bridgehead atoms. The largest absolute Gasteiger partial charge is 0.444 e. The van der Waals surface area contributed by atoms with Gasteiger partial charge in [0.2, 0.25) is 5.91 Å². The Labute approximate surface area is 81.9 Å². The van der Waals surface area contributed by atoms with Gasteiger partial charge in [0.1, 0.15) is 5.76 Å². The van der Waals surface area contributed by atoms with Gasteiger partial charge in [-0.05, 0) is 13.0 Å². The summed E-state index contributed by atoms with van der Waals surface area (Å²) >= 11 is 0. The Bertz CT molecular complexity index is 331. The van der Waals surface area contributed by atoms with E-state index in [9.17, 15) is 4.79 Å². The average molecular weight is 195 g/mol. The Hall–Kier alpha value is -1.36.